The van der Waals surface area contributed by atoms with Crippen molar-refractivity contribution in [1.29, 1.82) is 5.26 Å². The van der Waals surface area contributed by atoms with Gasteiger partial charge in [-0.15, -0.1) is 17.9 Å². The monoisotopic (exact) mass is 498 g/mol. The molecule has 1 aromatic carbocycles. The summed E-state index contributed by atoms with van der Waals surface area (Å²) in [6.45, 7) is 14.3. The first kappa shape index (κ1) is 27.2. The van der Waals surface area contributed by atoms with Crippen LogP contribution in [0.15, 0.2) is 73.6 Å². The Morgan fingerprint density at radius 3 is 2.81 bits per heavy atom. The molecule has 36 heavy (non-hydrogen) atoms. The van der Waals surface area contributed by atoms with Gasteiger partial charge in [-0.3, -0.25) is 4.98 Å². The number of anilines is 1. The van der Waals surface area contributed by atoms with Gasteiger partial charge < -0.3 is 10.2 Å². The lowest BCUT2D eigenvalue weighted by atomic mass is 9.96. The van der Waals surface area contributed by atoms with E-state index in [4.69, 9.17) is 0 Å². The van der Waals surface area contributed by atoms with Crippen LogP contribution in [0, 0.1) is 11.3 Å². The number of thiophene rings is 1. The molecule has 0 saturated carbocycles. The summed E-state index contributed by atoms with van der Waals surface area (Å²) in [5, 5.41) is 13.5. The molecule has 0 radical (unpaired) electrons. The lowest BCUT2D eigenvalue weighted by Crippen LogP contribution is -2.29. The first-order valence-electron chi connectivity index (χ1n) is 12.7. The maximum Gasteiger partial charge on any atom is 0.107 e. The fourth-order valence-electron chi connectivity index (χ4n) is 4.45. The molecule has 4 nitrogen and oxygen atoms in total. The van der Waals surface area contributed by atoms with Gasteiger partial charge in [-0.2, -0.15) is 5.26 Å². The topological polar surface area (TPSA) is 52.0 Å². The van der Waals surface area contributed by atoms with Gasteiger partial charge >= 0.3 is 0 Å². The molecule has 0 bridgehead atoms. The van der Waals surface area contributed by atoms with Gasteiger partial charge in [0.1, 0.15) is 11.1 Å². The molecular weight excluding hydrogens is 460 g/mol. The number of aryl methyl sites for hydroxylation is 2. The zero-order chi connectivity index (χ0) is 25.9. The molecule has 0 fully saturated rings. The van der Waals surface area contributed by atoms with Crippen LogP contribution < -0.4 is 5.32 Å². The number of allylic oxidation sites excluding steroid dienone is 2. The minimum atomic E-state index is 0.601. The van der Waals surface area contributed by atoms with Crippen LogP contribution in [0.25, 0.3) is 0 Å². The third-order valence-corrected chi connectivity index (χ3v) is 7.92. The Bertz CT molecular complexity index is 1190. The van der Waals surface area contributed by atoms with Crippen molar-refractivity contribution in [2.45, 2.75) is 58.4 Å². The summed E-state index contributed by atoms with van der Waals surface area (Å²) in [5.74, 6) is 0.601. The molecule has 3 aromatic rings. The molecule has 2 aromatic heterocycles. The van der Waals surface area contributed by atoms with Crippen LogP contribution in [0.2, 0.25) is 0 Å². The summed E-state index contributed by atoms with van der Waals surface area (Å²) in [6, 6.07) is 17.2. The molecule has 1 unspecified atom stereocenters. The van der Waals surface area contributed by atoms with Crippen molar-refractivity contribution in [2.75, 3.05) is 18.9 Å². The van der Waals surface area contributed by atoms with E-state index in [-0.39, 0.29) is 0 Å². The largest absolute Gasteiger partial charge is 0.379 e. The highest BCUT2D eigenvalue weighted by Gasteiger charge is 2.24. The Hall–Kier alpha value is -3.36. The van der Waals surface area contributed by atoms with E-state index >= 15 is 0 Å². The van der Waals surface area contributed by atoms with Gasteiger partial charge in [0, 0.05) is 36.1 Å². The Labute approximate surface area is 221 Å². The van der Waals surface area contributed by atoms with Gasteiger partial charge in [0.15, 0.2) is 0 Å². The third kappa shape index (κ3) is 7.08. The average Bonchev–Trinajstić information content (AvgIpc) is 3.29. The van der Waals surface area contributed by atoms with Crippen LogP contribution in [0.3, 0.4) is 0 Å². The highest BCUT2D eigenvalue weighted by atomic mass is 32.1. The van der Waals surface area contributed by atoms with Crippen molar-refractivity contribution in [3.8, 4) is 6.07 Å². The number of benzene rings is 1. The van der Waals surface area contributed by atoms with E-state index in [0.29, 0.717) is 5.92 Å². The first-order chi connectivity index (χ1) is 17.5. The standard InChI is InChI=1S/C18H20N4S.C13H18/c1-13(6-7-14-5-3-4-9-21-14)22-10-8-15-16(11-19)18(20-2)23-17(15)12-22;1-4-7-11(3)13-9-6-8-12(5-2)10-13/h3-5,9,20H,1,6-8,10,12H2,2H3;4,6,8-11H,1,5,7H2,2-3H3. The van der Waals surface area contributed by atoms with E-state index in [0.717, 1.165) is 67.1 Å². The molecule has 0 aliphatic carbocycles. The smallest absolute Gasteiger partial charge is 0.107 e. The highest BCUT2D eigenvalue weighted by molar-refractivity contribution is 7.16. The Morgan fingerprint density at radius 1 is 1.31 bits per heavy atom. The molecular formula is C31H38N4S. The minimum Gasteiger partial charge on any atom is -0.379 e. The van der Waals surface area contributed by atoms with Gasteiger partial charge in [-0.05, 0) is 66.8 Å². The number of pyridine rings is 1. The number of aromatic nitrogens is 1. The number of nitrogens with one attached hydrogen (secondary N) is 1. The normalized spacial score (nSPS) is 13.0. The summed E-state index contributed by atoms with van der Waals surface area (Å²) in [5.41, 5.74) is 7.15. The van der Waals surface area contributed by atoms with Crippen LogP contribution >= 0.6 is 11.3 Å². The molecule has 0 amide bonds. The number of hydrogen-bond acceptors (Lipinski definition) is 5. The summed E-state index contributed by atoms with van der Waals surface area (Å²) in [6.07, 6.45) is 8.75. The molecule has 3 heterocycles. The Balaban J connectivity index is 0.000000236. The maximum atomic E-state index is 9.36. The maximum absolute atomic E-state index is 9.36. The van der Waals surface area contributed by atoms with Crippen molar-refractivity contribution in [1.82, 2.24) is 9.88 Å². The second kappa shape index (κ2) is 13.7. The van der Waals surface area contributed by atoms with Gasteiger partial charge in [0.05, 0.1) is 12.1 Å². The zero-order valence-electron chi connectivity index (χ0n) is 21.9. The van der Waals surface area contributed by atoms with Crippen LogP contribution in [-0.4, -0.2) is 23.5 Å². The van der Waals surface area contributed by atoms with Crippen molar-refractivity contribution >= 4 is 16.3 Å². The first-order valence-corrected chi connectivity index (χ1v) is 13.6. The van der Waals surface area contributed by atoms with E-state index in [1.807, 2.05) is 31.5 Å². The summed E-state index contributed by atoms with van der Waals surface area (Å²) >= 11 is 1.69. The van der Waals surface area contributed by atoms with E-state index in [1.54, 1.807) is 11.3 Å². The molecule has 188 valence electrons. The fraction of sp³-hybridized carbons (Fsp3) is 0.355. The van der Waals surface area contributed by atoms with E-state index < -0.39 is 0 Å². The lowest BCUT2D eigenvalue weighted by molar-refractivity contribution is 0.316. The molecule has 0 spiro atoms. The summed E-state index contributed by atoms with van der Waals surface area (Å²) < 4.78 is 0. The molecule has 0 saturated heterocycles. The van der Waals surface area contributed by atoms with Crippen molar-refractivity contribution in [3.05, 3.63) is 106 Å². The number of nitrogens with zero attached hydrogens (tertiary/aromatic N) is 3. The van der Waals surface area contributed by atoms with E-state index in [9.17, 15) is 5.26 Å². The van der Waals surface area contributed by atoms with Crippen molar-refractivity contribution < 1.29 is 0 Å². The molecule has 4 rings (SSSR count). The summed E-state index contributed by atoms with van der Waals surface area (Å²) in [7, 11) is 1.88. The molecule has 1 N–H and O–H groups in total. The van der Waals surface area contributed by atoms with Crippen molar-refractivity contribution in [2.24, 2.45) is 0 Å². The lowest BCUT2D eigenvalue weighted by Gasteiger charge is -2.30. The fourth-order valence-corrected chi connectivity index (χ4v) is 5.62. The van der Waals surface area contributed by atoms with Gasteiger partial charge in [0.2, 0.25) is 0 Å². The van der Waals surface area contributed by atoms with Gasteiger partial charge in [-0.1, -0.05) is 56.8 Å². The van der Waals surface area contributed by atoms with Crippen molar-refractivity contribution in [3.63, 3.8) is 0 Å². The number of rotatable bonds is 9. The predicted octanol–water partition coefficient (Wildman–Crippen LogP) is 7.49. The number of hydrogen-bond donors (Lipinski definition) is 1. The number of fused-ring (bicyclic) bond motifs is 1. The third-order valence-electron chi connectivity index (χ3n) is 6.69. The Kier molecular flexibility index (Phi) is 10.3. The SMILES string of the molecule is C=C(CCc1ccccn1)N1CCc2c(sc(NC)c2C#N)C1.C=CCC(C)c1cccc(CC)c1. The van der Waals surface area contributed by atoms with Gasteiger partial charge in [0.25, 0.3) is 0 Å². The van der Waals surface area contributed by atoms with Gasteiger partial charge in [-0.25, -0.2) is 0 Å². The minimum absolute atomic E-state index is 0.601. The van der Waals surface area contributed by atoms with E-state index in [1.165, 1.54) is 21.6 Å². The predicted molar refractivity (Wildman–Crippen MR) is 153 cm³/mol. The van der Waals surface area contributed by atoms with E-state index in [2.05, 4.69) is 78.6 Å². The Morgan fingerprint density at radius 2 is 2.14 bits per heavy atom. The molecule has 1 aliphatic heterocycles. The number of nitriles is 1. The van der Waals surface area contributed by atoms with Crippen LogP contribution in [0.4, 0.5) is 5.00 Å². The summed E-state index contributed by atoms with van der Waals surface area (Å²) in [4.78, 5) is 7.99. The molecule has 5 heteroatoms. The average molecular weight is 499 g/mol. The molecule has 1 aliphatic rings. The van der Waals surface area contributed by atoms with Crippen LogP contribution in [-0.2, 0) is 25.8 Å². The highest BCUT2D eigenvalue weighted by Crippen LogP contribution is 2.37. The second-order valence-electron chi connectivity index (χ2n) is 9.15. The quantitative estimate of drug-likeness (QED) is 0.311. The second-order valence-corrected chi connectivity index (χ2v) is 10.3. The zero-order valence-corrected chi connectivity index (χ0v) is 22.7. The van der Waals surface area contributed by atoms with Crippen LogP contribution in [0.5, 0.6) is 0 Å². The molecule has 1 atom stereocenters. The van der Waals surface area contributed by atoms with Crippen LogP contribution in [0.1, 0.15) is 65.4 Å².